The highest BCUT2D eigenvalue weighted by atomic mass is 16.1. The van der Waals surface area contributed by atoms with Gasteiger partial charge in [-0.3, -0.25) is 9.55 Å². The van der Waals surface area contributed by atoms with Gasteiger partial charge in [0.2, 0.25) is 0 Å². The van der Waals surface area contributed by atoms with Crippen LogP contribution in [0.3, 0.4) is 0 Å². The number of H-pyrrole nitrogens is 1. The van der Waals surface area contributed by atoms with E-state index in [4.69, 9.17) is 0 Å². The number of hydrogen-bond donors (Lipinski definition) is 1. The second-order valence-electron chi connectivity index (χ2n) is 3.25. The third-order valence-electron chi connectivity index (χ3n) is 2.34. The molecule has 4 nitrogen and oxygen atoms in total. The maximum atomic E-state index is 11.2. The molecule has 2 aromatic rings. The number of imidazole rings is 1. The SMILES string of the molecule is Cc1cc2c(nc1C)[nH]c(=O)n2C. The third-order valence-corrected chi connectivity index (χ3v) is 2.34. The van der Waals surface area contributed by atoms with Gasteiger partial charge >= 0.3 is 5.69 Å². The van der Waals surface area contributed by atoms with E-state index in [1.165, 1.54) is 0 Å². The van der Waals surface area contributed by atoms with Crippen LogP contribution in [0.4, 0.5) is 0 Å². The molecule has 0 aliphatic carbocycles. The summed E-state index contributed by atoms with van der Waals surface area (Å²) in [6.07, 6.45) is 0. The Kier molecular flexibility index (Phi) is 1.52. The van der Waals surface area contributed by atoms with Gasteiger partial charge in [0.1, 0.15) is 0 Å². The molecule has 0 spiro atoms. The Morgan fingerprint density at radius 3 is 2.85 bits per heavy atom. The van der Waals surface area contributed by atoms with Crippen LogP contribution in [-0.2, 0) is 7.05 Å². The van der Waals surface area contributed by atoms with Crippen molar-refractivity contribution in [2.75, 3.05) is 0 Å². The lowest BCUT2D eigenvalue weighted by Gasteiger charge is -1.98. The molecule has 0 fully saturated rings. The number of pyridine rings is 1. The first-order chi connectivity index (χ1) is 6.09. The molecule has 0 unspecified atom stereocenters. The summed E-state index contributed by atoms with van der Waals surface area (Å²) < 4.78 is 1.56. The lowest BCUT2D eigenvalue weighted by atomic mass is 10.2. The highest BCUT2D eigenvalue weighted by Crippen LogP contribution is 2.11. The van der Waals surface area contributed by atoms with Crippen molar-refractivity contribution in [3.05, 3.63) is 27.8 Å². The second kappa shape index (κ2) is 2.45. The van der Waals surface area contributed by atoms with Crippen molar-refractivity contribution in [2.45, 2.75) is 13.8 Å². The topological polar surface area (TPSA) is 50.7 Å². The van der Waals surface area contributed by atoms with E-state index in [9.17, 15) is 4.79 Å². The van der Waals surface area contributed by atoms with Crippen molar-refractivity contribution >= 4 is 11.2 Å². The van der Waals surface area contributed by atoms with E-state index < -0.39 is 0 Å². The van der Waals surface area contributed by atoms with Gasteiger partial charge in [-0.05, 0) is 25.5 Å². The molecule has 0 aromatic carbocycles. The van der Waals surface area contributed by atoms with Crippen molar-refractivity contribution in [1.29, 1.82) is 0 Å². The van der Waals surface area contributed by atoms with Gasteiger partial charge in [0.05, 0.1) is 5.52 Å². The van der Waals surface area contributed by atoms with Crippen LogP contribution >= 0.6 is 0 Å². The van der Waals surface area contributed by atoms with Crippen LogP contribution in [0.1, 0.15) is 11.3 Å². The van der Waals surface area contributed by atoms with E-state index in [1.807, 2.05) is 19.9 Å². The van der Waals surface area contributed by atoms with Crippen molar-refractivity contribution in [3.8, 4) is 0 Å². The highest BCUT2D eigenvalue weighted by molar-refractivity contribution is 5.71. The van der Waals surface area contributed by atoms with Crippen LogP contribution in [0.15, 0.2) is 10.9 Å². The molecular weight excluding hydrogens is 166 g/mol. The van der Waals surface area contributed by atoms with Crippen molar-refractivity contribution in [1.82, 2.24) is 14.5 Å². The predicted molar refractivity (Wildman–Crippen MR) is 50.8 cm³/mol. The number of nitrogens with zero attached hydrogens (tertiary/aromatic N) is 2. The quantitative estimate of drug-likeness (QED) is 0.649. The van der Waals surface area contributed by atoms with Crippen molar-refractivity contribution < 1.29 is 0 Å². The number of aromatic amines is 1. The fourth-order valence-corrected chi connectivity index (χ4v) is 1.33. The average molecular weight is 177 g/mol. The molecule has 0 aliphatic rings. The Hall–Kier alpha value is -1.58. The van der Waals surface area contributed by atoms with Crippen LogP contribution in [-0.4, -0.2) is 14.5 Å². The predicted octanol–water partition coefficient (Wildman–Crippen LogP) is 0.878. The van der Waals surface area contributed by atoms with Gasteiger partial charge < -0.3 is 0 Å². The number of hydrogen-bond acceptors (Lipinski definition) is 2. The van der Waals surface area contributed by atoms with Crippen LogP contribution in [0.2, 0.25) is 0 Å². The Morgan fingerprint density at radius 1 is 1.46 bits per heavy atom. The van der Waals surface area contributed by atoms with Crippen LogP contribution in [0.5, 0.6) is 0 Å². The summed E-state index contributed by atoms with van der Waals surface area (Å²) in [6.45, 7) is 3.92. The number of rotatable bonds is 0. The van der Waals surface area contributed by atoms with E-state index in [0.717, 1.165) is 16.8 Å². The molecule has 0 radical (unpaired) electrons. The van der Waals surface area contributed by atoms with Gasteiger partial charge in [-0.2, -0.15) is 0 Å². The normalized spacial score (nSPS) is 11.0. The molecule has 0 aliphatic heterocycles. The monoisotopic (exact) mass is 177 g/mol. The number of aromatic nitrogens is 3. The maximum Gasteiger partial charge on any atom is 0.327 e. The summed E-state index contributed by atoms with van der Waals surface area (Å²) >= 11 is 0. The van der Waals surface area contributed by atoms with Crippen LogP contribution < -0.4 is 5.69 Å². The lowest BCUT2D eigenvalue weighted by Crippen LogP contribution is -2.11. The van der Waals surface area contributed by atoms with Gasteiger partial charge in [0, 0.05) is 12.7 Å². The van der Waals surface area contributed by atoms with Crippen LogP contribution in [0, 0.1) is 13.8 Å². The van der Waals surface area contributed by atoms with Crippen LogP contribution in [0.25, 0.3) is 11.2 Å². The zero-order valence-corrected chi connectivity index (χ0v) is 7.88. The smallest absolute Gasteiger partial charge is 0.294 e. The summed E-state index contributed by atoms with van der Waals surface area (Å²) in [5.41, 5.74) is 3.45. The first kappa shape index (κ1) is 8.04. The van der Waals surface area contributed by atoms with Gasteiger partial charge in [0.25, 0.3) is 0 Å². The largest absolute Gasteiger partial charge is 0.327 e. The van der Waals surface area contributed by atoms with E-state index >= 15 is 0 Å². The molecule has 4 heteroatoms. The Labute approximate surface area is 75.2 Å². The van der Waals surface area contributed by atoms with Gasteiger partial charge in [-0.15, -0.1) is 0 Å². The molecular formula is C9H11N3O. The summed E-state index contributed by atoms with van der Waals surface area (Å²) in [5, 5.41) is 0. The fraction of sp³-hybridized carbons (Fsp3) is 0.333. The van der Waals surface area contributed by atoms with Crippen molar-refractivity contribution in [3.63, 3.8) is 0 Å². The molecule has 0 bridgehead atoms. The zero-order valence-electron chi connectivity index (χ0n) is 7.88. The Morgan fingerprint density at radius 2 is 2.15 bits per heavy atom. The molecule has 0 atom stereocenters. The highest BCUT2D eigenvalue weighted by Gasteiger charge is 2.05. The van der Waals surface area contributed by atoms with Gasteiger partial charge in [-0.1, -0.05) is 0 Å². The molecule has 2 heterocycles. The standard InChI is InChI=1S/C9H11N3O/c1-5-4-7-8(10-6(5)2)11-9(13)12(7)3/h4H,1-3H3,(H,10,11,13). The molecule has 2 rings (SSSR count). The molecule has 1 N–H and O–H groups in total. The van der Waals surface area contributed by atoms with Gasteiger partial charge in [-0.25, -0.2) is 9.78 Å². The van der Waals surface area contributed by atoms with E-state index in [2.05, 4.69) is 9.97 Å². The number of nitrogens with one attached hydrogen (secondary N) is 1. The number of fused-ring (bicyclic) bond motifs is 1. The average Bonchev–Trinajstić information content (AvgIpc) is 2.32. The zero-order chi connectivity index (χ0) is 9.59. The van der Waals surface area contributed by atoms with E-state index in [1.54, 1.807) is 11.6 Å². The van der Waals surface area contributed by atoms with Crippen molar-refractivity contribution in [2.24, 2.45) is 7.05 Å². The summed E-state index contributed by atoms with van der Waals surface area (Å²) in [4.78, 5) is 18.2. The molecule has 68 valence electrons. The minimum Gasteiger partial charge on any atom is -0.294 e. The fourth-order valence-electron chi connectivity index (χ4n) is 1.33. The number of aryl methyl sites for hydroxylation is 3. The maximum absolute atomic E-state index is 11.2. The molecule has 0 amide bonds. The molecule has 13 heavy (non-hydrogen) atoms. The Bertz CT molecular complexity index is 521. The van der Waals surface area contributed by atoms with E-state index in [0.29, 0.717) is 5.65 Å². The second-order valence-corrected chi connectivity index (χ2v) is 3.25. The van der Waals surface area contributed by atoms with Gasteiger partial charge in [0.15, 0.2) is 5.65 Å². The lowest BCUT2D eigenvalue weighted by molar-refractivity contribution is 0.891. The Balaban J connectivity index is 2.97. The summed E-state index contributed by atoms with van der Waals surface area (Å²) in [5.74, 6) is 0. The first-order valence-corrected chi connectivity index (χ1v) is 4.12. The van der Waals surface area contributed by atoms with E-state index in [-0.39, 0.29) is 5.69 Å². The summed E-state index contributed by atoms with van der Waals surface area (Å²) in [6, 6.07) is 1.97. The molecule has 0 saturated heterocycles. The molecule has 2 aromatic heterocycles. The minimum absolute atomic E-state index is 0.118. The summed E-state index contributed by atoms with van der Waals surface area (Å²) in [7, 11) is 1.73. The minimum atomic E-state index is -0.118. The first-order valence-electron chi connectivity index (χ1n) is 4.12. The third kappa shape index (κ3) is 1.06. The molecule has 0 saturated carbocycles.